The number of nitrogens with one attached hydrogen (secondary N) is 3. The molecule has 5 nitrogen and oxygen atoms in total. The summed E-state index contributed by atoms with van der Waals surface area (Å²) in [6.45, 7) is 2.49. The Bertz CT molecular complexity index is 906. The number of rotatable bonds is 5. The van der Waals surface area contributed by atoms with Crippen LogP contribution in [0.1, 0.15) is 20.8 Å². The molecule has 0 spiro atoms. The van der Waals surface area contributed by atoms with E-state index >= 15 is 0 Å². The number of aryl methyl sites for hydroxylation is 1. The number of amides is 3. The number of anilines is 2. The van der Waals surface area contributed by atoms with E-state index in [0.717, 1.165) is 11.1 Å². The molecule has 0 fully saturated rings. The third-order valence-corrected chi connectivity index (χ3v) is 4.80. The summed E-state index contributed by atoms with van der Waals surface area (Å²) >= 11 is 1.24. The number of urea groups is 1. The van der Waals surface area contributed by atoms with Crippen molar-refractivity contribution in [2.45, 2.75) is 13.5 Å². The molecule has 0 aliphatic carbocycles. The predicted molar refractivity (Wildman–Crippen MR) is 106 cm³/mol. The Labute approximate surface area is 156 Å². The fraction of sp³-hybridized carbons (Fsp3) is 0.100. The summed E-state index contributed by atoms with van der Waals surface area (Å²) in [4.78, 5) is 24.8. The minimum atomic E-state index is -0.343. The van der Waals surface area contributed by atoms with Crippen molar-refractivity contribution in [1.82, 2.24) is 5.32 Å². The number of carbonyl (C=O) groups excluding carboxylic acids is 2. The lowest BCUT2D eigenvalue weighted by Gasteiger charge is -2.07. The van der Waals surface area contributed by atoms with Gasteiger partial charge in [0.05, 0.1) is 9.88 Å². The van der Waals surface area contributed by atoms with Crippen LogP contribution in [-0.4, -0.2) is 11.9 Å². The van der Waals surface area contributed by atoms with Crippen LogP contribution in [0.4, 0.5) is 15.5 Å². The zero-order valence-corrected chi connectivity index (χ0v) is 15.1. The van der Waals surface area contributed by atoms with Crippen LogP contribution in [0.5, 0.6) is 0 Å². The summed E-state index contributed by atoms with van der Waals surface area (Å²) in [6, 6.07) is 20.2. The molecule has 6 heteroatoms. The number of hydrogen-bond acceptors (Lipinski definition) is 3. The maximum Gasteiger partial charge on any atom is 0.324 e. The van der Waals surface area contributed by atoms with Crippen LogP contribution in [0.2, 0.25) is 0 Å². The fourth-order valence-electron chi connectivity index (χ4n) is 2.39. The lowest BCUT2D eigenvalue weighted by atomic mass is 10.1. The molecule has 0 saturated heterocycles. The van der Waals surface area contributed by atoms with Gasteiger partial charge in [-0.25, -0.2) is 4.79 Å². The van der Waals surface area contributed by atoms with Gasteiger partial charge in [0.2, 0.25) is 0 Å². The molecule has 2 aromatic carbocycles. The first-order chi connectivity index (χ1) is 12.6. The summed E-state index contributed by atoms with van der Waals surface area (Å²) in [7, 11) is 0. The molecule has 3 rings (SSSR count). The lowest BCUT2D eigenvalue weighted by molar-refractivity contribution is 0.0955. The first-order valence-electron chi connectivity index (χ1n) is 8.17. The zero-order chi connectivity index (χ0) is 18.4. The van der Waals surface area contributed by atoms with Gasteiger partial charge in [0.25, 0.3) is 5.91 Å². The number of para-hydroxylation sites is 1. The van der Waals surface area contributed by atoms with Gasteiger partial charge in [-0.2, -0.15) is 0 Å². The van der Waals surface area contributed by atoms with E-state index < -0.39 is 0 Å². The Hall–Kier alpha value is -3.12. The molecule has 3 amide bonds. The predicted octanol–water partition coefficient (Wildman–Crippen LogP) is 4.63. The van der Waals surface area contributed by atoms with E-state index in [0.29, 0.717) is 22.1 Å². The van der Waals surface area contributed by atoms with E-state index in [1.807, 2.05) is 49.4 Å². The van der Waals surface area contributed by atoms with Crippen molar-refractivity contribution in [3.05, 3.63) is 82.7 Å². The number of hydrogen-bond donors (Lipinski definition) is 3. The molecule has 0 unspecified atom stereocenters. The van der Waals surface area contributed by atoms with Crippen molar-refractivity contribution < 1.29 is 9.59 Å². The highest BCUT2D eigenvalue weighted by atomic mass is 32.1. The molecule has 26 heavy (non-hydrogen) atoms. The Morgan fingerprint density at radius 1 is 0.885 bits per heavy atom. The largest absolute Gasteiger partial charge is 0.347 e. The Balaban J connectivity index is 1.54. The maximum absolute atomic E-state index is 12.3. The average molecular weight is 365 g/mol. The number of carbonyl (C=O) groups is 2. The molecule has 132 valence electrons. The van der Waals surface area contributed by atoms with Gasteiger partial charge in [0.1, 0.15) is 0 Å². The van der Waals surface area contributed by atoms with Gasteiger partial charge in [-0.1, -0.05) is 42.5 Å². The van der Waals surface area contributed by atoms with E-state index in [1.165, 1.54) is 11.3 Å². The summed E-state index contributed by atoms with van der Waals surface area (Å²) in [5.74, 6) is -0.158. The monoisotopic (exact) mass is 365 g/mol. The third-order valence-electron chi connectivity index (χ3n) is 3.80. The van der Waals surface area contributed by atoms with Gasteiger partial charge in [0.15, 0.2) is 0 Å². The second-order valence-electron chi connectivity index (χ2n) is 5.72. The molecule has 1 aromatic heterocycles. The van der Waals surface area contributed by atoms with Crippen molar-refractivity contribution >= 4 is 34.0 Å². The molecule has 0 aliphatic rings. The lowest BCUT2D eigenvalue weighted by Crippen LogP contribution is -2.22. The third kappa shape index (κ3) is 4.70. The van der Waals surface area contributed by atoms with Crippen LogP contribution < -0.4 is 16.0 Å². The Morgan fingerprint density at radius 3 is 2.38 bits per heavy atom. The van der Waals surface area contributed by atoms with Gasteiger partial charge in [-0.15, -0.1) is 11.3 Å². The van der Waals surface area contributed by atoms with E-state index in [4.69, 9.17) is 0 Å². The molecule has 0 saturated carbocycles. The van der Waals surface area contributed by atoms with Gasteiger partial charge in [-0.05, 0) is 42.3 Å². The fourth-order valence-corrected chi connectivity index (χ4v) is 3.21. The summed E-state index contributed by atoms with van der Waals surface area (Å²) in [5, 5.41) is 8.99. The molecule has 3 N–H and O–H groups in total. The van der Waals surface area contributed by atoms with Crippen molar-refractivity contribution in [3.8, 4) is 0 Å². The quantitative estimate of drug-likeness (QED) is 0.617. The second kappa shape index (κ2) is 8.31. The van der Waals surface area contributed by atoms with Crippen molar-refractivity contribution in [3.63, 3.8) is 0 Å². The molecular formula is C20H19N3O2S. The van der Waals surface area contributed by atoms with Crippen LogP contribution in [0, 0.1) is 6.92 Å². The van der Waals surface area contributed by atoms with Crippen molar-refractivity contribution in [1.29, 1.82) is 0 Å². The maximum atomic E-state index is 12.3. The second-order valence-corrected chi connectivity index (χ2v) is 6.80. The number of thiophene rings is 1. The van der Waals surface area contributed by atoms with Gasteiger partial charge >= 0.3 is 6.03 Å². The van der Waals surface area contributed by atoms with Crippen molar-refractivity contribution in [2.75, 3.05) is 10.6 Å². The highest BCUT2D eigenvalue weighted by molar-refractivity contribution is 7.18. The molecule has 0 radical (unpaired) electrons. The van der Waals surface area contributed by atoms with E-state index in [1.54, 1.807) is 24.3 Å². The minimum absolute atomic E-state index is 0.158. The molecule has 0 atom stereocenters. The summed E-state index contributed by atoms with van der Waals surface area (Å²) in [6.07, 6.45) is 0. The van der Waals surface area contributed by atoms with E-state index in [9.17, 15) is 9.59 Å². The summed E-state index contributed by atoms with van der Waals surface area (Å²) < 4.78 is 0. The van der Waals surface area contributed by atoms with Crippen LogP contribution >= 0.6 is 11.3 Å². The molecule has 1 heterocycles. The normalized spacial score (nSPS) is 10.2. The van der Waals surface area contributed by atoms with Gasteiger partial charge < -0.3 is 10.6 Å². The average Bonchev–Trinajstić information content (AvgIpc) is 3.10. The topological polar surface area (TPSA) is 70.2 Å². The first-order valence-corrected chi connectivity index (χ1v) is 8.99. The van der Waals surface area contributed by atoms with Gasteiger partial charge in [-0.3, -0.25) is 10.1 Å². The summed E-state index contributed by atoms with van der Waals surface area (Å²) in [5.41, 5.74) is 2.93. The van der Waals surface area contributed by atoms with Crippen LogP contribution in [0.3, 0.4) is 0 Å². The zero-order valence-electron chi connectivity index (χ0n) is 14.3. The SMILES string of the molecule is Cc1ccccc1CNC(=O)c1ccc(NC(=O)Nc2ccccc2)s1. The molecule has 0 aliphatic heterocycles. The molecule has 0 bridgehead atoms. The smallest absolute Gasteiger partial charge is 0.324 e. The number of benzene rings is 2. The van der Waals surface area contributed by atoms with Gasteiger partial charge in [0, 0.05) is 12.2 Å². The Morgan fingerprint density at radius 2 is 1.62 bits per heavy atom. The highest BCUT2D eigenvalue weighted by Gasteiger charge is 2.11. The standard InChI is InChI=1S/C20H19N3O2S/c1-14-7-5-6-8-15(14)13-21-19(24)17-11-12-18(26-17)23-20(25)22-16-9-3-2-4-10-16/h2-12H,13H2,1H3,(H,21,24)(H2,22,23,25). The van der Waals surface area contributed by atoms with Crippen LogP contribution in [0.25, 0.3) is 0 Å². The minimum Gasteiger partial charge on any atom is -0.347 e. The van der Waals surface area contributed by atoms with Crippen molar-refractivity contribution in [2.24, 2.45) is 0 Å². The highest BCUT2D eigenvalue weighted by Crippen LogP contribution is 2.22. The van der Waals surface area contributed by atoms with E-state index in [2.05, 4.69) is 16.0 Å². The first kappa shape index (κ1) is 17.7. The molecular weight excluding hydrogens is 346 g/mol. The van der Waals surface area contributed by atoms with Crippen LogP contribution in [0.15, 0.2) is 66.7 Å². The molecule has 3 aromatic rings. The van der Waals surface area contributed by atoms with Crippen LogP contribution in [-0.2, 0) is 6.54 Å². The van der Waals surface area contributed by atoms with E-state index in [-0.39, 0.29) is 11.9 Å². The Kier molecular flexibility index (Phi) is 5.66.